The summed E-state index contributed by atoms with van der Waals surface area (Å²) in [4.78, 5) is 27.9. The van der Waals surface area contributed by atoms with Crippen molar-refractivity contribution in [2.45, 2.75) is 13.7 Å². The average Bonchev–Trinajstić information content (AvgIpc) is 3.15. The molecule has 1 aromatic carbocycles. The van der Waals surface area contributed by atoms with Crippen molar-refractivity contribution < 1.29 is 19.1 Å². The van der Waals surface area contributed by atoms with Crippen LogP contribution in [-0.4, -0.2) is 64.4 Å². The molecule has 0 N–H and O–H groups in total. The summed E-state index contributed by atoms with van der Waals surface area (Å²) in [5.74, 6) is 0.370. The van der Waals surface area contributed by atoms with E-state index in [0.717, 1.165) is 0 Å². The maximum absolute atomic E-state index is 12.8. The molecule has 8 nitrogen and oxygen atoms in total. The first-order chi connectivity index (χ1) is 13.1. The van der Waals surface area contributed by atoms with E-state index < -0.39 is 0 Å². The Morgan fingerprint density at radius 2 is 1.81 bits per heavy atom. The van der Waals surface area contributed by atoms with Crippen molar-refractivity contribution in [1.29, 1.82) is 0 Å². The van der Waals surface area contributed by atoms with Crippen LogP contribution in [0.1, 0.15) is 17.4 Å². The summed E-state index contributed by atoms with van der Waals surface area (Å²) in [6.07, 6.45) is 1.21. The molecule has 1 aliphatic rings. The number of amides is 2. The quantitative estimate of drug-likeness (QED) is 0.781. The Labute approximate surface area is 162 Å². The van der Waals surface area contributed by atoms with Crippen molar-refractivity contribution in [1.82, 2.24) is 19.6 Å². The summed E-state index contributed by atoms with van der Waals surface area (Å²) in [5, 5.41) is 4.65. The second-order valence-electron chi connectivity index (χ2n) is 5.90. The number of benzene rings is 1. The zero-order chi connectivity index (χ0) is 19.2. The number of carbonyl (C=O) groups is 2. The summed E-state index contributed by atoms with van der Waals surface area (Å²) in [6, 6.07) is 8.76. The third-order valence-electron chi connectivity index (χ3n) is 4.21. The molecule has 0 spiro atoms. The normalized spacial score (nSPS) is 14.1. The Bertz CT molecular complexity index is 802. The maximum Gasteiger partial charge on any atom is 0.409 e. The van der Waals surface area contributed by atoms with E-state index in [1.165, 1.54) is 4.68 Å². The van der Waals surface area contributed by atoms with E-state index in [-0.39, 0.29) is 18.7 Å². The number of ether oxygens (including phenoxy) is 2. The molecule has 0 unspecified atom stereocenters. The van der Waals surface area contributed by atoms with E-state index >= 15 is 0 Å². The molecule has 2 heterocycles. The fraction of sp³-hybridized carbons (Fsp3) is 0.389. The van der Waals surface area contributed by atoms with Crippen molar-refractivity contribution in [3.05, 3.63) is 47.2 Å². The summed E-state index contributed by atoms with van der Waals surface area (Å²) in [6.45, 7) is 3.93. The van der Waals surface area contributed by atoms with Crippen LogP contribution in [0, 0.1) is 0 Å². The molecule has 1 aromatic heterocycles. The third-order valence-corrected chi connectivity index (χ3v) is 4.52. The number of piperazine rings is 1. The van der Waals surface area contributed by atoms with Crippen LogP contribution in [0.2, 0.25) is 5.02 Å². The van der Waals surface area contributed by atoms with Crippen molar-refractivity contribution in [3.63, 3.8) is 0 Å². The number of rotatable bonds is 5. The highest BCUT2D eigenvalue weighted by molar-refractivity contribution is 6.32. The summed E-state index contributed by atoms with van der Waals surface area (Å²) in [5.41, 5.74) is 0.423. The molecule has 2 amide bonds. The molecule has 27 heavy (non-hydrogen) atoms. The molecular weight excluding hydrogens is 372 g/mol. The Hall–Kier alpha value is -2.74. The first kappa shape index (κ1) is 19.0. The largest absolute Gasteiger partial charge is 0.470 e. The molecule has 1 saturated heterocycles. The van der Waals surface area contributed by atoms with E-state index in [9.17, 15) is 9.59 Å². The van der Waals surface area contributed by atoms with Crippen LogP contribution in [-0.2, 0) is 11.5 Å². The minimum Gasteiger partial charge on any atom is -0.470 e. The smallest absolute Gasteiger partial charge is 0.409 e. The van der Waals surface area contributed by atoms with Crippen LogP contribution in [0.3, 0.4) is 0 Å². The van der Waals surface area contributed by atoms with Gasteiger partial charge in [0.1, 0.15) is 11.4 Å². The van der Waals surface area contributed by atoms with Crippen molar-refractivity contribution in [2.24, 2.45) is 0 Å². The number of para-hydroxylation sites is 1. The number of aromatic nitrogens is 2. The first-order valence-corrected chi connectivity index (χ1v) is 9.08. The summed E-state index contributed by atoms with van der Waals surface area (Å²) in [7, 11) is 0. The van der Waals surface area contributed by atoms with Crippen LogP contribution in [0.15, 0.2) is 36.5 Å². The lowest BCUT2D eigenvalue weighted by Gasteiger charge is -2.34. The first-order valence-electron chi connectivity index (χ1n) is 8.70. The van der Waals surface area contributed by atoms with Gasteiger partial charge in [0.25, 0.3) is 5.91 Å². The van der Waals surface area contributed by atoms with Crippen LogP contribution in [0.25, 0.3) is 0 Å². The van der Waals surface area contributed by atoms with Crippen LogP contribution < -0.4 is 4.74 Å². The molecule has 1 fully saturated rings. The molecule has 0 radical (unpaired) electrons. The number of carbonyl (C=O) groups excluding carboxylic acids is 2. The Morgan fingerprint density at radius 3 is 2.52 bits per heavy atom. The van der Waals surface area contributed by atoms with Crippen LogP contribution in [0.5, 0.6) is 5.75 Å². The van der Waals surface area contributed by atoms with E-state index in [2.05, 4.69) is 5.10 Å². The van der Waals surface area contributed by atoms with Gasteiger partial charge in [0.05, 0.1) is 11.6 Å². The molecule has 0 saturated carbocycles. The van der Waals surface area contributed by atoms with Gasteiger partial charge in [0.2, 0.25) is 0 Å². The van der Waals surface area contributed by atoms with E-state index in [1.54, 1.807) is 41.1 Å². The fourth-order valence-corrected chi connectivity index (χ4v) is 2.97. The number of hydrogen-bond donors (Lipinski definition) is 0. The Morgan fingerprint density at radius 1 is 1.11 bits per heavy atom. The van der Waals surface area contributed by atoms with Gasteiger partial charge < -0.3 is 19.3 Å². The van der Waals surface area contributed by atoms with Crippen molar-refractivity contribution >= 4 is 23.6 Å². The van der Waals surface area contributed by atoms with Crippen LogP contribution in [0.4, 0.5) is 4.79 Å². The van der Waals surface area contributed by atoms with E-state index in [0.29, 0.717) is 49.3 Å². The lowest BCUT2D eigenvalue weighted by Crippen LogP contribution is -2.51. The van der Waals surface area contributed by atoms with Gasteiger partial charge in [-0.2, -0.15) is 5.10 Å². The van der Waals surface area contributed by atoms with Crippen molar-refractivity contribution in [3.8, 4) is 5.75 Å². The lowest BCUT2D eigenvalue weighted by molar-refractivity contribution is 0.0554. The summed E-state index contributed by atoms with van der Waals surface area (Å²) >= 11 is 6.08. The van der Waals surface area contributed by atoms with Crippen LogP contribution >= 0.6 is 11.6 Å². The molecular formula is C18H21ClN4O4. The SMILES string of the molecule is CCOC(=O)N1CCN(C(=O)c2ccnn2COc2ccccc2Cl)CC1. The summed E-state index contributed by atoms with van der Waals surface area (Å²) < 4.78 is 12.1. The minimum absolute atomic E-state index is 0.0700. The highest BCUT2D eigenvalue weighted by Gasteiger charge is 2.27. The minimum atomic E-state index is -0.345. The molecule has 144 valence electrons. The van der Waals surface area contributed by atoms with E-state index in [1.807, 2.05) is 12.1 Å². The third kappa shape index (κ3) is 4.51. The molecule has 3 rings (SSSR count). The molecule has 0 aliphatic carbocycles. The maximum atomic E-state index is 12.8. The molecule has 1 aliphatic heterocycles. The predicted molar refractivity (Wildman–Crippen MR) is 98.8 cm³/mol. The molecule has 0 atom stereocenters. The zero-order valence-electron chi connectivity index (χ0n) is 15.0. The molecule has 2 aromatic rings. The van der Waals surface area contributed by atoms with Gasteiger partial charge in [-0.05, 0) is 25.1 Å². The van der Waals surface area contributed by atoms with E-state index in [4.69, 9.17) is 21.1 Å². The number of hydrogen-bond acceptors (Lipinski definition) is 5. The highest BCUT2D eigenvalue weighted by Crippen LogP contribution is 2.23. The van der Waals surface area contributed by atoms with Gasteiger partial charge in [0.15, 0.2) is 6.73 Å². The zero-order valence-corrected chi connectivity index (χ0v) is 15.8. The van der Waals surface area contributed by atoms with Crippen molar-refractivity contribution in [2.75, 3.05) is 32.8 Å². The predicted octanol–water partition coefficient (Wildman–Crippen LogP) is 2.49. The fourth-order valence-electron chi connectivity index (χ4n) is 2.78. The monoisotopic (exact) mass is 392 g/mol. The Kier molecular flexibility index (Phi) is 6.18. The van der Waals surface area contributed by atoms with Gasteiger partial charge in [0, 0.05) is 32.4 Å². The molecule has 9 heteroatoms. The second kappa shape index (κ2) is 8.77. The second-order valence-corrected chi connectivity index (χ2v) is 6.31. The van der Waals surface area contributed by atoms with Gasteiger partial charge in [-0.3, -0.25) is 4.79 Å². The average molecular weight is 393 g/mol. The highest BCUT2D eigenvalue weighted by atomic mass is 35.5. The van der Waals surface area contributed by atoms with Gasteiger partial charge in [-0.25, -0.2) is 9.48 Å². The standard InChI is InChI=1S/C18H21ClN4O4/c1-2-26-18(25)22-11-9-21(10-12-22)17(24)15-7-8-20-23(15)13-27-16-6-4-3-5-14(16)19/h3-8H,2,9-13H2,1H3. The number of nitrogens with zero attached hydrogens (tertiary/aromatic N) is 4. The van der Waals surface area contributed by atoms with Gasteiger partial charge in [-0.15, -0.1) is 0 Å². The number of halogens is 1. The van der Waals surface area contributed by atoms with Gasteiger partial charge >= 0.3 is 6.09 Å². The lowest BCUT2D eigenvalue weighted by atomic mass is 10.3. The molecule has 0 bridgehead atoms. The Balaban J connectivity index is 1.59. The van der Waals surface area contributed by atoms with Gasteiger partial charge in [-0.1, -0.05) is 23.7 Å². The topological polar surface area (TPSA) is 76.9 Å².